The SMILES string of the molecule is CCSCCCOC(=O)c1ccn(-c2cccc(N)c2)n1. The molecule has 2 aromatic rings. The molecule has 0 atom stereocenters. The molecule has 0 saturated heterocycles. The number of nitrogen functional groups attached to an aromatic ring is 1. The van der Waals surface area contributed by atoms with Crippen LogP contribution in [0.4, 0.5) is 5.69 Å². The molecule has 21 heavy (non-hydrogen) atoms. The number of nitrogens with two attached hydrogens (primary N) is 1. The molecule has 0 amide bonds. The van der Waals surface area contributed by atoms with Crippen molar-refractivity contribution >= 4 is 23.4 Å². The first kappa shape index (κ1) is 15.4. The quantitative estimate of drug-likeness (QED) is 0.484. The summed E-state index contributed by atoms with van der Waals surface area (Å²) >= 11 is 1.84. The molecule has 0 radical (unpaired) electrons. The van der Waals surface area contributed by atoms with Gasteiger partial charge < -0.3 is 10.5 Å². The van der Waals surface area contributed by atoms with E-state index in [1.165, 1.54) is 0 Å². The van der Waals surface area contributed by atoms with Crippen LogP contribution in [0, 0.1) is 0 Å². The molecule has 5 nitrogen and oxygen atoms in total. The van der Waals surface area contributed by atoms with Gasteiger partial charge in [0.25, 0.3) is 0 Å². The highest BCUT2D eigenvalue weighted by Crippen LogP contribution is 2.12. The van der Waals surface area contributed by atoms with E-state index in [2.05, 4.69) is 12.0 Å². The molecule has 2 N–H and O–H groups in total. The van der Waals surface area contributed by atoms with Crippen LogP contribution >= 0.6 is 11.8 Å². The van der Waals surface area contributed by atoms with Crippen LogP contribution in [-0.2, 0) is 4.74 Å². The molecule has 0 saturated carbocycles. The van der Waals surface area contributed by atoms with E-state index >= 15 is 0 Å². The fraction of sp³-hybridized carbons (Fsp3) is 0.333. The summed E-state index contributed by atoms with van der Waals surface area (Å²) in [7, 11) is 0. The fourth-order valence-corrected chi connectivity index (χ4v) is 2.40. The molecule has 1 aromatic heterocycles. The normalized spacial score (nSPS) is 10.5. The first-order valence-electron chi connectivity index (χ1n) is 6.87. The van der Waals surface area contributed by atoms with Gasteiger partial charge in [-0.3, -0.25) is 0 Å². The fourth-order valence-electron chi connectivity index (χ4n) is 1.79. The van der Waals surface area contributed by atoms with Gasteiger partial charge in [-0.1, -0.05) is 13.0 Å². The van der Waals surface area contributed by atoms with E-state index in [1.54, 1.807) is 29.1 Å². The van der Waals surface area contributed by atoms with Gasteiger partial charge in [0.2, 0.25) is 0 Å². The molecule has 6 heteroatoms. The molecular weight excluding hydrogens is 286 g/mol. The van der Waals surface area contributed by atoms with Crippen LogP contribution in [-0.4, -0.2) is 33.9 Å². The van der Waals surface area contributed by atoms with Crippen LogP contribution in [0.1, 0.15) is 23.8 Å². The Morgan fingerprint density at radius 1 is 1.43 bits per heavy atom. The van der Waals surface area contributed by atoms with Crippen LogP contribution in [0.15, 0.2) is 36.5 Å². The molecule has 2 rings (SSSR count). The Hall–Kier alpha value is -1.95. The van der Waals surface area contributed by atoms with Crippen molar-refractivity contribution in [3.8, 4) is 5.69 Å². The standard InChI is InChI=1S/C15H19N3O2S/c1-2-21-10-4-9-20-15(19)14-7-8-18(17-14)13-6-3-5-12(16)11-13/h3,5-8,11H,2,4,9-10,16H2,1H3. The predicted octanol–water partition coefficient (Wildman–Crippen LogP) is 2.75. The van der Waals surface area contributed by atoms with Crippen molar-refractivity contribution in [2.75, 3.05) is 23.8 Å². The Morgan fingerprint density at radius 2 is 2.29 bits per heavy atom. The van der Waals surface area contributed by atoms with Gasteiger partial charge in [-0.25, -0.2) is 9.48 Å². The summed E-state index contributed by atoms with van der Waals surface area (Å²) in [6, 6.07) is 8.96. The maximum atomic E-state index is 11.9. The van der Waals surface area contributed by atoms with Crippen molar-refractivity contribution in [3.05, 3.63) is 42.2 Å². The van der Waals surface area contributed by atoms with E-state index in [9.17, 15) is 4.79 Å². The zero-order valence-electron chi connectivity index (χ0n) is 12.0. The number of thioether (sulfide) groups is 1. The van der Waals surface area contributed by atoms with Gasteiger partial charge in [0.15, 0.2) is 5.69 Å². The van der Waals surface area contributed by atoms with Crippen LogP contribution < -0.4 is 5.73 Å². The van der Waals surface area contributed by atoms with Gasteiger partial charge in [0.1, 0.15) is 0 Å². The topological polar surface area (TPSA) is 70.1 Å². The van der Waals surface area contributed by atoms with E-state index in [1.807, 2.05) is 23.9 Å². The lowest BCUT2D eigenvalue weighted by Crippen LogP contribution is -2.08. The van der Waals surface area contributed by atoms with Gasteiger partial charge in [-0.05, 0) is 42.2 Å². The summed E-state index contributed by atoms with van der Waals surface area (Å²) < 4.78 is 6.81. The largest absolute Gasteiger partial charge is 0.461 e. The van der Waals surface area contributed by atoms with Crippen LogP contribution in [0.2, 0.25) is 0 Å². The van der Waals surface area contributed by atoms with Crippen LogP contribution in [0.25, 0.3) is 5.69 Å². The second-order valence-electron chi connectivity index (χ2n) is 4.43. The molecular formula is C15H19N3O2S. The molecule has 0 spiro atoms. The number of anilines is 1. The number of ether oxygens (including phenoxy) is 1. The molecule has 0 aliphatic carbocycles. The average Bonchev–Trinajstić information content (AvgIpc) is 2.97. The molecule has 0 unspecified atom stereocenters. The van der Waals surface area contributed by atoms with E-state index in [0.29, 0.717) is 18.0 Å². The monoisotopic (exact) mass is 305 g/mol. The Morgan fingerprint density at radius 3 is 3.05 bits per heavy atom. The summed E-state index contributed by atoms with van der Waals surface area (Å²) in [5.74, 6) is 1.69. The van der Waals surface area contributed by atoms with Gasteiger partial charge in [-0.15, -0.1) is 0 Å². The number of esters is 1. The van der Waals surface area contributed by atoms with Crippen molar-refractivity contribution < 1.29 is 9.53 Å². The first-order valence-corrected chi connectivity index (χ1v) is 8.02. The summed E-state index contributed by atoms with van der Waals surface area (Å²) in [5.41, 5.74) is 7.51. The van der Waals surface area contributed by atoms with Crippen LogP contribution in [0.3, 0.4) is 0 Å². The summed E-state index contributed by atoms with van der Waals surface area (Å²) in [6.45, 7) is 2.54. The third-order valence-electron chi connectivity index (χ3n) is 2.80. The van der Waals surface area contributed by atoms with Crippen molar-refractivity contribution in [2.45, 2.75) is 13.3 Å². The second-order valence-corrected chi connectivity index (χ2v) is 5.82. The number of carbonyl (C=O) groups is 1. The maximum absolute atomic E-state index is 11.9. The summed E-state index contributed by atoms with van der Waals surface area (Å²) in [6.07, 6.45) is 2.58. The number of hydrogen-bond donors (Lipinski definition) is 1. The molecule has 1 aromatic carbocycles. The van der Waals surface area contributed by atoms with Crippen molar-refractivity contribution in [1.82, 2.24) is 9.78 Å². The van der Waals surface area contributed by atoms with Gasteiger partial charge in [-0.2, -0.15) is 16.9 Å². The predicted molar refractivity (Wildman–Crippen MR) is 85.9 cm³/mol. The molecule has 0 aliphatic rings. The molecule has 1 heterocycles. The third-order valence-corrected chi connectivity index (χ3v) is 3.79. The van der Waals surface area contributed by atoms with E-state index in [0.717, 1.165) is 23.6 Å². The maximum Gasteiger partial charge on any atom is 0.358 e. The lowest BCUT2D eigenvalue weighted by atomic mass is 10.3. The van der Waals surface area contributed by atoms with Gasteiger partial charge in [0, 0.05) is 11.9 Å². The third kappa shape index (κ3) is 4.53. The van der Waals surface area contributed by atoms with E-state index in [4.69, 9.17) is 10.5 Å². The number of benzene rings is 1. The number of carbonyl (C=O) groups excluding carboxylic acids is 1. The Labute approximate surface area is 128 Å². The first-order chi connectivity index (χ1) is 10.2. The minimum atomic E-state index is -0.390. The minimum absolute atomic E-state index is 0.306. The van der Waals surface area contributed by atoms with Crippen LogP contribution in [0.5, 0.6) is 0 Å². The smallest absolute Gasteiger partial charge is 0.358 e. The van der Waals surface area contributed by atoms with Crippen molar-refractivity contribution in [2.24, 2.45) is 0 Å². The highest BCUT2D eigenvalue weighted by atomic mass is 32.2. The van der Waals surface area contributed by atoms with E-state index in [-0.39, 0.29) is 5.97 Å². The lowest BCUT2D eigenvalue weighted by Gasteiger charge is -2.03. The summed E-state index contributed by atoms with van der Waals surface area (Å²) in [5, 5.41) is 4.22. The zero-order valence-corrected chi connectivity index (χ0v) is 12.8. The Kier molecular flexibility index (Phi) is 5.68. The molecule has 112 valence electrons. The van der Waals surface area contributed by atoms with Crippen molar-refractivity contribution in [1.29, 1.82) is 0 Å². The van der Waals surface area contributed by atoms with Gasteiger partial charge in [0.05, 0.1) is 12.3 Å². The highest BCUT2D eigenvalue weighted by molar-refractivity contribution is 7.99. The number of hydrogen-bond acceptors (Lipinski definition) is 5. The lowest BCUT2D eigenvalue weighted by molar-refractivity contribution is 0.0499. The zero-order chi connectivity index (χ0) is 15.1. The number of rotatable bonds is 7. The molecule has 0 fully saturated rings. The highest BCUT2D eigenvalue weighted by Gasteiger charge is 2.11. The van der Waals surface area contributed by atoms with Crippen molar-refractivity contribution in [3.63, 3.8) is 0 Å². The Bertz CT molecular complexity index is 598. The summed E-state index contributed by atoms with van der Waals surface area (Å²) in [4.78, 5) is 11.9. The average molecular weight is 305 g/mol. The number of aromatic nitrogens is 2. The van der Waals surface area contributed by atoms with E-state index < -0.39 is 0 Å². The Balaban J connectivity index is 1.92. The molecule has 0 aliphatic heterocycles. The number of nitrogens with zero attached hydrogens (tertiary/aromatic N) is 2. The second kappa shape index (κ2) is 7.73. The molecule has 0 bridgehead atoms. The minimum Gasteiger partial charge on any atom is -0.461 e. The van der Waals surface area contributed by atoms with Gasteiger partial charge >= 0.3 is 5.97 Å².